The maximum absolute atomic E-state index is 5.83. The molecule has 0 aliphatic carbocycles. The molecule has 0 aliphatic rings. The Kier molecular flexibility index (Phi) is 3.44. The topological polar surface area (TPSA) is 42.4 Å². The summed E-state index contributed by atoms with van der Waals surface area (Å²) in [4.78, 5) is 2.23. The minimum absolute atomic E-state index is 0.562. The van der Waals surface area contributed by atoms with Crippen LogP contribution in [0.3, 0.4) is 0 Å². The molecule has 2 N–H and O–H groups in total. The monoisotopic (exact) mass is 266 g/mol. The maximum atomic E-state index is 5.83. The lowest BCUT2D eigenvalue weighted by molar-refractivity contribution is 0.563. The molecule has 0 aliphatic heterocycles. The highest BCUT2D eigenvalue weighted by Gasteiger charge is 2.09. The van der Waals surface area contributed by atoms with Crippen LogP contribution in [-0.4, -0.2) is 7.05 Å². The van der Waals surface area contributed by atoms with Crippen LogP contribution >= 0.6 is 0 Å². The van der Waals surface area contributed by atoms with Crippen LogP contribution in [0.2, 0.25) is 0 Å². The molecule has 0 fully saturated rings. The molecule has 1 heterocycles. The van der Waals surface area contributed by atoms with Crippen LogP contribution < -0.4 is 10.6 Å². The summed E-state index contributed by atoms with van der Waals surface area (Å²) in [7, 11) is 2.09. The molecule has 0 radical (unpaired) electrons. The molecule has 0 unspecified atom stereocenters. The van der Waals surface area contributed by atoms with Crippen molar-refractivity contribution >= 4 is 16.5 Å². The fourth-order valence-electron chi connectivity index (χ4n) is 2.60. The molecule has 3 aromatic rings. The van der Waals surface area contributed by atoms with E-state index in [2.05, 4.69) is 48.3 Å². The summed E-state index contributed by atoms with van der Waals surface area (Å²) in [5.74, 6) is 0. The number of fused-ring (bicyclic) bond motifs is 1. The van der Waals surface area contributed by atoms with Crippen molar-refractivity contribution in [1.82, 2.24) is 0 Å². The van der Waals surface area contributed by atoms with Crippen LogP contribution in [0.15, 0.2) is 59.4 Å². The zero-order chi connectivity index (χ0) is 13.9. The second kappa shape index (κ2) is 5.39. The van der Waals surface area contributed by atoms with Crippen LogP contribution in [0.25, 0.3) is 10.8 Å². The summed E-state index contributed by atoms with van der Waals surface area (Å²) in [6.45, 7) is 1.38. The van der Waals surface area contributed by atoms with Crippen LogP contribution in [0.1, 0.15) is 11.1 Å². The third kappa shape index (κ3) is 2.28. The SMILES string of the molecule is CN(Cc1ccoc1)c1ccc(CN)c2ccccc12. The summed E-state index contributed by atoms with van der Waals surface area (Å²) < 4.78 is 5.13. The Morgan fingerprint density at radius 1 is 1.05 bits per heavy atom. The Morgan fingerprint density at radius 3 is 2.55 bits per heavy atom. The first kappa shape index (κ1) is 12.8. The van der Waals surface area contributed by atoms with Gasteiger partial charge in [-0.1, -0.05) is 30.3 Å². The summed E-state index contributed by atoms with van der Waals surface area (Å²) >= 11 is 0. The van der Waals surface area contributed by atoms with Crippen molar-refractivity contribution in [1.29, 1.82) is 0 Å². The van der Waals surface area contributed by atoms with Gasteiger partial charge in [0.1, 0.15) is 0 Å². The van der Waals surface area contributed by atoms with Gasteiger partial charge in [-0.3, -0.25) is 0 Å². The summed E-state index contributed by atoms with van der Waals surface area (Å²) in [6, 6.07) is 14.7. The van der Waals surface area contributed by atoms with Gasteiger partial charge in [-0.25, -0.2) is 0 Å². The summed E-state index contributed by atoms with van der Waals surface area (Å²) in [6.07, 6.45) is 3.49. The largest absolute Gasteiger partial charge is 0.472 e. The lowest BCUT2D eigenvalue weighted by Gasteiger charge is -2.21. The van der Waals surface area contributed by atoms with Gasteiger partial charge >= 0.3 is 0 Å². The summed E-state index contributed by atoms with van der Waals surface area (Å²) in [5, 5.41) is 2.47. The number of nitrogens with zero attached hydrogens (tertiary/aromatic N) is 1. The predicted octanol–water partition coefficient (Wildman–Crippen LogP) is 3.53. The highest BCUT2D eigenvalue weighted by molar-refractivity contribution is 5.96. The van der Waals surface area contributed by atoms with Gasteiger partial charge in [-0.05, 0) is 23.1 Å². The van der Waals surface area contributed by atoms with Crippen molar-refractivity contribution in [3.05, 3.63) is 66.1 Å². The molecule has 0 bridgehead atoms. The fourth-order valence-corrected chi connectivity index (χ4v) is 2.60. The molecular formula is C17H18N2O. The van der Waals surface area contributed by atoms with Gasteiger partial charge in [-0.15, -0.1) is 0 Å². The number of hydrogen-bond acceptors (Lipinski definition) is 3. The minimum Gasteiger partial charge on any atom is -0.472 e. The Balaban J connectivity index is 2.03. The van der Waals surface area contributed by atoms with Gasteiger partial charge in [0.15, 0.2) is 0 Å². The summed E-state index contributed by atoms with van der Waals surface area (Å²) in [5.41, 5.74) is 9.38. The van der Waals surface area contributed by atoms with Gasteiger partial charge in [0.05, 0.1) is 12.5 Å². The maximum Gasteiger partial charge on any atom is 0.0952 e. The molecule has 2 aromatic carbocycles. The van der Waals surface area contributed by atoms with E-state index >= 15 is 0 Å². The zero-order valence-corrected chi connectivity index (χ0v) is 11.5. The van der Waals surface area contributed by atoms with E-state index in [-0.39, 0.29) is 0 Å². The van der Waals surface area contributed by atoms with Gasteiger partial charge < -0.3 is 15.1 Å². The molecule has 3 nitrogen and oxygen atoms in total. The Hall–Kier alpha value is -2.26. The molecule has 102 valence electrons. The zero-order valence-electron chi connectivity index (χ0n) is 11.5. The molecule has 0 amide bonds. The van der Waals surface area contributed by atoms with Crippen molar-refractivity contribution in [2.75, 3.05) is 11.9 Å². The molecule has 0 saturated carbocycles. The van der Waals surface area contributed by atoms with E-state index in [1.165, 1.54) is 27.6 Å². The number of anilines is 1. The third-order valence-corrected chi connectivity index (χ3v) is 3.62. The van der Waals surface area contributed by atoms with Gasteiger partial charge in [0.25, 0.3) is 0 Å². The lowest BCUT2D eigenvalue weighted by atomic mass is 10.0. The van der Waals surface area contributed by atoms with Crippen molar-refractivity contribution in [3.8, 4) is 0 Å². The second-order valence-electron chi connectivity index (χ2n) is 4.98. The molecule has 20 heavy (non-hydrogen) atoms. The molecule has 0 saturated heterocycles. The first-order chi connectivity index (χ1) is 9.79. The molecular weight excluding hydrogens is 248 g/mol. The Labute approximate surface area is 118 Å². The first-order valence-corrected chi connectivity index (χ1v) is 6.72. The van der Waals surface area contributed by atoms with E-state index < -0.39 is 0 Å². The molecule has 1 aromatic heterocycles. The number of hydrogen-bond donors (Lipinski definition) is 1. The van der Waals surface area contributed by atoms with Crippen LogP contribution in [-0.2, 0) is 13.1 Å². The predicted molar refractivity (Wildman–Crippen MR) is 82.7 cm³/mol. The normalized spacial score (nSPS) is 10.9. The number of rotatable bonds is 4. The third-order valence-electron chi connectivity index (χ3n) is 3.62. The van der Waals surface area contributed by atoms with E-state index in [0.29, 0.717) is 6.54 Å². The van der Waals surface area contributed by atoms with Crippen molar-refractivity contribution < 1.29 is 4.42 Å². The Morgan fingerprint density at radius 2 is 1.85 bits per heavy atom. The van der Waals surface area contributed by atoms with Gasteiger partial charge in [0, 0.05) is 36.8 Å². The van der Waals surface area contributed by atoms with E-state index in [4.69, 9.17) is 10.2 Å². The molecule has 3 rings (SSSR count). The van der Waals surface area contributed by atoms with E-state index in [1.54, 1.807) is 12.5 Å². The van der Waals surface area contributed by atoms with Gasteiger partial charge in [0.2, 0.25) is 0 Å². The van der Waals surface area contributed by atoms with Gasteiger partial charge in [-0.2, -0.15) is 0 Å². The lowest BCUT2D eigenvalue weighted by Crippen LogP contribution is -2.16. The molecule has 0 spiro atoms. The highest BCUT2D eigenvalue weighted by atomic mass is 16.3. The standard InChI is InChI=1S/C17H18N2O/c1-19(11-13-8-9-20-12-13)17-7-6-14(10-18)15-4-2-3-5-16(15)17/h2-9,12H,10-11,18H2,1H3. The van der Waals surface area contributed by atoms with Crippen LogP contribution in [0, 0.1) is 0 Å². The average molecular weight is 266 g/mol. The van der Waals surface area contributed by atoms with Crippen molar-refractivity contribution in [2.45, 2.75) is 13.1 Å². The number of nitrogens with two attached hydrogens (primary N) is 1. The number of benzene rings is 2. The average Bonchev–Trinajstić information content (AvgIpc) is 2.99. The van der Waals surface area contributed by atoms with Crippen molar-refractivity contribution in [2.24, 2.45) is 5.73 Å². The van der Waals surface area contributed by atoms with E-state index in [0.717, 1.165) is 6.54 Å². The van der Waals surface area contributed by atoms with E-state index in [1.807, 2.05) is 6.07 Å². The number of furan rings is 1. The first-order valence-electron chi connectivity index (χ1n) is 6.72. The van der Waals surface area contributed by atoms with E-state index in [9.17, 15) is 0 Å². The molecule has 3 heteroatoms. The Bertz CT molecular complexity index is 704. The quantitative estimate of drug-likeness (QED) is 0.785. The smallest absolute Gasteiger partial charge is 0.0952 e. The van der Waals surface area contributed by atoms with Crippen molar-refractivity contribution in [3.63, 3.8) is 0 Å². The minimum atomic E-state index is 0.562. The van der Waals surface area contributed by atoms with Crippen LogP contribution in [0.4, 0.5) is 5.69 Å². The molecule has 0 atom stereocenters. The fraction of sp³-hybridized carbons (Fsp3) is 0.176. The highest BCUT2D eigenvalue weighted by Crippen LogP contribution is 2.29. The van der Waals surface area contributed by atoms with Crippen LogP contribution in [0.5, 0.6) is 0 Å². The second-order valence-corrected chi connectivity index (χ2v) is 4.98.